The fraction of sp³-hybridized carbons (Fsp3) is 0.533. The number of ether oxygens (including phenoxy) is 2. The van der Waals surface area contributed by atoms with Crippen molar-refractivity contribution in [3.8, 4) is 5.75 Å². The first-order chi connectivity index (χ1) is 10.5. The van der Waals surface area contributed by atoms with Crippen LogP contribution in [0.5, 0.6) is 5.75 Å². The molecule has 3 N–H and O–H groups in total. The van der Waals surface area contributed by atoms with Crippen molar-refractivity contribution in [2.24, 2.45) is 5.73 Å². The second kappa shape index (κ2) is 7.51. The Morgan fingerprint density at radius 2 is 2.27 bits per heavy atom. The first-order valence-corrected chi connectivity index (χ1v) is 7.13. The van der Waals surface area contributed by atoms with E-state index in [0.29, 0.717) is 0 Å². The lowest BCUT2D eigenvalue weighted by molar-refractivity contribution is -0.124. The average molecular weight is 314 g/mol. The molecule has 1 amide bonds. The van der Waals surface area contributed by atoms with E-state index in [9.17, 15) is 13.6 Å². The highest BCUT2D eigenvalue weighted by Crippen LogP contribution is 2.32. The van der Waals surface area contributed by atoms with Crippen LogP contribution in [0.25, 0.3) is 0 Å². The molecular formula is C15H20F2N2O3. The topological polar surface area (TPSA) is 73.6 Å². The minimum Gasteiger partial charge on any atom is -0.435 e. The predicted molar refractivity (Wildman–Crippen MR) is 76.7 cm³/mol. The van der Waals surface area contributed by atoms with Crippen molar-refractivity contribution in [2.45, 2.75) is 38.0 Å². The SMILES string of the molecule is COCC(N)C(=O)NC1CCCc2cc(OC(F)F)ccc21. The average Bonchev–Trinajstić information content (AvgIpc) is 2.46. The van der Waals surface area contributed by atoms with Crippen molar-refractivity contribution in [3.63, 3.8) is 0 Å². The van der Waals surface area contributed by atoms with Crippen LogP contribution in [0.1, 0.15) is 30.0 Å². The van der Waals surface area contributed by atoms with Gasteiger partial charge in [0.1, 0.15) is 11.8 Å². The van der Waals surface area contributed by atoms with Crippen molar-refractivity contribution < 1.29 is 23.0 Å². The largest absolute Gasteiger partial charge is 0.435 e. The van der Waals surface area contributed by atoms with Crippen molar-refractivity contribution in [3.05, 3.63) is 29.3 Å². The molecule has 2 rings (SSSR count). The lowest BCUT2D eigenvalue weighted by Gasteiger charge is -2.27. The Balaban J connectivity index is 2.10. The zero-order valence-electron chi connectivity index (χ0n) is 12.4. The Kier molecular flexibility index (Phi) is 5.68. The standard InChI is InChI=1S/C15H20F2N2O3/c1-21-8-12(18)14(20)19-13-4-2-3-9-7-10(22-15(16)17)5-6-11(9)13/h5-7,12-13,15H,2-4,8,18H2,1H3,(H,19,20). The molecule has 5 nitrogen and oxygen atoms in total. The number of carbonyl (C=O) groups is 1. The van der Waals surface area contributed by atoms with E-state index in [4.69, 9.17) is 10.5 Å². The summed E-state index contributed by atoms with van der Waals surface area (Å²) in [7, 11) is 1.48. The number of hydrogen-bond donors (Lipinski definition) is 2. The number of nitrogens with two attached hydrogens (primary N) is 1. The van der Waals surface area contributed by atoms with E-state index in [0.717, 1.165) is 30.4 Å². The molecule has 22 heavy (non-hydrogen) atoms. The Labute approximate surface area is 127 Å². The number of rotatable bonds is 6. The van der Waals surface area contributed by atoms with Crippen LogP contribution in [0.2, 0.25) is 0 Å². The molecule has 0 heterocycles. The third-order valence-corrected chi connectivity index (χ3v) is 3.65. The molecule has 0 aromatic heterocycles. The van der Waals surface area contributed by atoms with E-state index < -0.39 is 12.7 Å². The van der Waals surface area contributed by atoms with E-state index in [1.54, 1.807) is 12.1 Å². The summed E-state index contributed by atoms with van der Waals surface area (Å²) < 4.78 is 33.8. The first-order valence-electron chi connectivity index (χ1n) is 7.13. The fourth-order valence-corrected chi connectivity index (χ4v) is 2.65. The molecule has 1 aromatic carbocycles. The van der Waals surface area contributed by atoms with E-state index in [-0.39, 0.29) is 24.3 Å². The van der Waals surface area contributed by atoms with Crippen LogP contribution in [0.3, 0.4) is 0 Å². The fourth-order valence-electron chi connectivity index (χ4n) is 2.65. The molecule has 0 saturated carbocycles. The number of methoxy groups -OCH3 is 1. The lowest BCUT2D eigenvalue weighted by atomic mass is 9.87. The molecule has 0 spiro atoms. The van der Waals surface area contributed by atoms with Crippen LogP contribution in [0.15, 0.2) is 18.2 Å². The molecule has 0 saturated heterocycles. The van der Waals surface area contributed by atoms with Crippen molar-refractivity contribution in [1.82, 2.24) is 5.32 Å². The molecule has 0 radical (unpaired) electrons. The van der Waals surface area contributed by atoms with Crippen LogP contribution in [0.4, 0.5) is 8.78 Å². The summed E-state index contributed by atoms with van der Waals surface area (Å²) in [6.45, 7) is -2.70. The third-order valence-electron chi connectivity index (χ3n) is 3.65. The Bertz CT molecular complexity index is 526. The summed E-state index contributed by atoms with van der Waals surface area (Å²) in [5.41, 5.74) is 7.54. The molecular weight excluding hydrogens is 294 g/mol. The lowest BCUT2D eigenvalue weighted by Crippen LogP contribution is -2.45. The van der Waals surface area contributed by atoms with Gasteiger partial charge in [0.2, 0.25) is 5.91 Å². The smallest absolute Gasteiger partial charge is 0.387 e. The van der Waals surface area contributed by atoms with Gasteiger partial charge >= 0.3 is 6.61 Å². The number of fused-ring (bicyclic) bond motifs is 1. The number of amides is 1. The number of halogens is 2. The minimum absolute atomic E-state index is 0.136. The number of benzene rings is 1. The highest BCUT2D eigenvalue weighted by atomic mass is 19.3. The van der Waals surface area contributed by atoms with Gasteiger partial charge in [-0.1, -0.05) is 6.07 Å². The van der Waals surface area contributed by atoms with Gasteiger partial charge in [0.25, 0.3) is 0 Å². The Morgan fingerprint density at radius 1 is 1.50 bits per heavy atom. The van der Waals surface area contributed by atoms with Gasteiger partial charge in [0.05, 0.1) is 12.6 Å². The van der Waals surface area contributed by atoms with Crippen molar-refractivity contribution >= 4 is 5.91 Å². The molecule has 1 aromatic rings. The monoisotopic (exact) mass is 314 g/mol. The second-order valence-electron chi connectivity index (χ2n) is 5.25. The zero-order chi connectivity index (χ0) is 16.1. The van der Waals surface area contributed by atoms with Gasteiger partial charge in [-0.05, 0) is 42.5 Å². The summed E-state index contributed by atoms with van der Waals surface area (Å²) in [6, 6.07) is 3.93. The third kappa shape index (κ3) is 4.14. The quantitative estimate of drug-likeness (QED) is 0.839. The molecule has 122 valence electrons. The number of alkyl halides is 2. The molecule has 7 heteroatoms. The minimum atomic E-state index is -2.84. The Morgan fingerprint density at radius 3 is 2.95 bits per heavy atom. The van der Waals surface area contributed by atoms with E-state index >= 15 is 0 Å². The van der Waals surface area contributed by atoms with Crippen LogP contribution in [-0.2, 0) is 16.0 Å². The Hall–Kier alpha value is -1.73. The van der Waals surface area contributed by atoms with Gasteiger partial charge in [-0.25, -0.2) is 0 Å². The zero-order valence-corrected chi connectivity index (χ0v) is 12.4. The van der Waals surface area contributed by atoms with Crippen LogP contribution >= 0.6 is 0 Å². The van der Waals surface area contributed by atoms with Gasteiger partial charge in [-0.15, -0.1) is 0 Å². The molecule has 0 aliphatic heterocycles. The number of aryl methyl sites for hydroxylation is 1. The molecule has 1 aliphatic carbocycles. The van der Waals surface area contributed by atoms with E-state index in [1.807, 2.05) is 0 Å². The molecule has 1 aliphatic rings. The van der Waals surface area contributed by atoms with Crippen LogP contribution < -0.4 is 15.8 Å². The van der Waals surface area contributed by atoms with Crippen molar-refractivity contribution in [1.29, 1.82) is 0 Å². The number of hydrogen-bond acceptors (Lipinski definition) is 4. The molecule has 0 bridgehead atoms. The van der Waals surface area contributed by atoms with Crippen LogP contribution in [-0.4, -0.2) is 32.3 Å². The summed E-state index contributed by atoms with van der Waals surface area (Å²) in [5, 5.41) is 2.89. The number of carbonyl (C=O) groups excluding carboxylic acids is 1. The van der Waals surface area contributed by atoms with Gasteiger partial charge in [0, 0.05) is 7.11 Å². The summed E-state index contributed by atoms with van der Waals surface area (Å²) in [5.74, 6) is -0.149. The van der Waals surface area contributed by atoms with Crippen LogP contribution in [0, 0.1) is 0 Å². The van der Waals surface area contributed by atoms with E-state index in [1.165, 1.54) is 13.2 Å². The maximum absolute atomic E-state index is 12.3. The summed E-state index contributed by atoms with van der Waals surface area (Å²) in [6.07, 6.45) is 2.41. The summed E-state index contributed by atoms with van der Waals surface area (Å²) >= 11 is 0. The maximum atomic E-state index is 12.3. The highest BCUT2D eigenvalue weighted by Gasteiger charge is 2.24. The van der Waals surface area contributed by atoms with E-state index in [2.05, 4.69) is 10.1 Å². The first kappa shape index (κ1) is 16.6. The maximum Gasteiger partial charge on any atom is 0.387 e. The van der Waals surface area contributed by atoms with Gasteiger partial charge in [-0.2, -0.15) is 8.78 Å². The van der Waals surface area contributed by atoms with Gasteiger partial charge in [-0.3, -0.25) is 4.79 Å². The summed E-state index contributed by atoms with van der Waals surface area (Å²) in [4.78, 5) is 12.0. The van der Waals surface area contributed by atoms with Gasteiger partial charge < -0.3 is 20.5 Å². The second-order valence-corrected chi connectivity index (χ2v) is 5.25. The molecule has 2 unspecified atom stereocenters. The normalized spacial score (nSPS) is 18.7. The van der Waals surface area contributed by atoms with Gasteiger partial charge in [0.15, 0.2) is 0 Å². The van der Waals surface area contributed by atoms with Crippen molar-refractivity contribution in [2.75, 3.05) is 13.7 Å². The number of nitrogens with one attached hydrogen (secondary N) is 1. The molecule has 0 fully saturated rings. The molecule has 2 atom stereocenters. The predicted octanol–water partition coefficient (Wildman–Crippen LogP) is 1.76. The highest BCUT2D eigenvalue weighted by molar-refractivity contribution is 5.82.